The van der Waals surface area contributed by atoms with Crippen molar-refractivity contribution >= 4 is 11.7 Å². The van der Waals surface area contributed by atoms with Crippen molar-refractivity contribution in [2.24, 2.45) is 0 Å². The van der Waals surface area contributed by atoms with Gasteiger partial charge in [-0.15, -0.1) is 5.10 Å². The highest BCUT2D eigenvalue weighted by molar-refractivity contribution is 5.83. The van der Waals surface area contributed by atoms with Gasteiger partial charge in [-0.1, -0.05) is 19.3 Å². The van der Waals surface area contributed by atoms with Crippen LogP contribution >= 0.6 is 0 Å². The number of carboxylic acids is 1. The Bertz CT molecular complexity index is 587. The second kappa shape index (κ2) is 4.36. The van der Waals surface area contributed by atoms with Crippen molar-refractivity contribution < 1.29 is 9.90 Å². The van der Waals surface area contributed by atoms with Gasteiger partial charge < -0.3 is 5.11 Å². The molecule has 0 spiro atoms. The molecule has 3 rings (SSSR count). The number of carbonyl (C=O) groups is 1. The van der Waals surface area contributed by atoms with Crippen LogP contribution in [0.4, 0.5) is 0 Å². The summed E-state index contributed by atoms with van der Waals surface area (Å²) in [5, 5.41) is 13.0. The lowest BCUT2D eigenvalue weighted by Gasteiger charge is -2.21. The lowest BCUT2D eigenvalue weighted by Crippen LogP contribution is -2.10. The zero-order valence-corrected chi connectivity index (χ0v) is 9.91. The number of carboxylic acid groups (broad SMARTS) is 1. The molecule has 0 unspecified atom stereocenters. The fourth-order valence-corrected chi connectivity index (χ4v) is 2.61. The SMILES string of the molecule is O=C(O)c1nc2nccc(C3CCCCC3)n2n1. The van der Waals surface area contributed by atoms with E-state index in [2.05, 4.69) is 15.1 Å². The summed E-state index contributed by atoms with van der Waals surface area (Å²) in [6, 6.07) is 1.92. The van der Waals surface area contributed by atoms with Crippen LogP contribution in [0, 0.1) is 0 Å². The summed E-state index contributed by atoms with van der Waals surface area (Å²) < 4.78 is 1.58. The van der Waals surface area contributed by atoms with Gasteiger partial charge in [-0.25, -0.2) is 14.3 Å². The lowest BCUT2D eigenvalue weighted by atomic mass is 9.87. The standard InChI is InChI=1S/C12H14N4O2/c17-11(18)10-14-12-13-7-6-9(16(12)15-10)8-4-2-1-3-5-8/h6-8H,1-5H2,(H,17,18). The number of nitrogens with zero attached hydrogens (tertiary/aromatic N) is 4. The number of hydrogen-bond acceptors (Lipinski definition) is 4. The summed E-state index contributed by atoms with van der Waals surface area (Å²) in [6.45, 7) is 0. The molecule has 1 fully saturated rings. The van der Waals surface area contributed by atoms with Gasteiger partial charge >= 0.3 is 5.97 Å². The maximum atomic E-state index is 10.9. The number of aromatic nitrogens is 4. The van der Waals surface area contributed by atoms with Crippen LogP contribution in [0.2, 0.25) is 0 Å². The normalized spacial score (nSPS) is 17.1. The summed E-state index contributed by atoms with van der Waals surface area (Å²) in [4.78, 5) is 18.9. The molecule has 2 aromatic heterocycles. The molecule has 18 heavy (non-hydrogen) atoms. The molecule has 0 radical (unpaired) electrons. The first kappa shape index (κ1) is 11.1. The van der Waals surface area contributed by atoms with Crippen molar-refractivity contribution in [1.29, 1.82) is 0 Å². The molecule has 0 amide bonds. The molecule has 0 aromatic carbocycles. The maximum absolute atomic E-state index is 10.9. The largest absolute Gasteiger partial charge is 0.475 e. The van der Waals surface area contributed by atoms with Gasteiger partial charge in [0.05, 0.1) is 5.69 Å². The first-order valence-corrected chi connectivity index (χ1v) is 6.20. The first-order valence-electron chi connectivity index (χ1n) is 6.20. The Morgan fingerprint density at radius 3 is 2.83 bits per heavy atom. The first-order chi connectivity index (χ1) is 8.75. The molecule has 2 heterocycles. The second-order valence-electron chi connectivity index (χ2n) is 4.66. The number of aromatic carboxylic acids is 1. The molecular formula is C12H14N4O2. The van der Waals surface area contributed by atoms with Gasteiger partial charge in [-0.3, -0.25) is 0 Å². The van der Waals surface area contributed by atoms with Crippen molar-refractivity contribution in [3.63, 3.8) is 0 Å². The Morgan fingerprint density at radius 2 is 2.11 bits per heavy atom. The van der Waals surface area contributed by atoms with Crippen molar-refractivity contribution in [2.45, 2.75) is 38.0 Å². The minimum Gasteiger partial charge on any atom is -0.475 e. The summed E-state index contributed by atoms with van der Waals surface area (Å²) in [6.07, 6.45) is 7.65. The number of hydrogen-bond donors (Lipinski definition) is 1. The molecule has 1 aliphatic rings. The average molecular weight is 246 g/mol. The van der Waals surface area contributed by atoms with Crippen LogP contribution < -0.4 is 0 Å². The lowest BCUT2D eigenvalue weighted by molar-refractivity contribution is 0.0684. The van der Waals surface area contributed by atoms with E-state index in [9.17, 15) is 4.79 Å². The zero-order valence-electron chi connectivity index (χ0n) is 9.91. The minimum absolute atomic E-state index is 0.189. The molecule has 1 aliphatic carbocycles. The van der Waals surface area contributed by atoms with Gasteiger partial charge in [0.25, 0.3) is 11.6 Å². The summed E-state index contributed by atoms with van der Waals surface area (Å²) >= 11 is 0. The van der Waals surface area contributed by atoms with Crippen LogP contribution in [0.25, 0.3) is 5.78 Å². The van der Waals surface area contributed by atoms with Gasteiger partial charge in [-0.2, -0.15) is 4.98 Å². The summed E-state index contributed by atoms with van der Waals surface area (Å²) in [7, 11) is 0. The van der Waals surface area contributed by atoms with E-state index in [0.717, 1.165) is 18.5 Å². The molecule has 2 aromatic rings. The van der Waals surface area contributed by atoms with E-state index in [4.69, 9.17) is 5.11 Å². The summed E-state index contributed by atoms with van der Waals surface area (Å²) in [5.41, 5.74) is 1.03. The predicted molar refractivity (Wildman–Crippen MR) is 63.6 cm³/mol. The fraction of sp³-hybridized carbons (Fsp3) is 0.500. The van der Waals surface area contributed by atoms with Gasteiger partial charge in [0.1, 0.15) is 0 Å². The van der Waals surface area contributed by atoms with Gasteiger partial charge in [0.15, 0.2) is 0 Å². The highest BCUT2D eigenvalue weighted by Gasteiger charge is 2.21. The van der Waals surface area contributed by atoms with E-state index >= 15 is 0 Å². The quantitative estimate of drug-likeness (QED) is 0.874. The highest BCUT2D eigenvalue weighted by atomic mass is 16.4. The number of rotatable bonds is 2. The van der Waals surface area contributed by atoms with Gasteiger partial charge in [0, 0.05) is 12.1 Å². The Kier molecular flexibility index (Phi) is 2.70. The highest BCUT2D eigenvalue weighted by Crippen LogP contribution is 2.32. The van der Waals surface area contributed by atoms with Crippen LogP contribution in [-0.4, -0.2) is 30.7 Å². The van der Waals surface area contributed by atoms with E-state index < -0.39 is 5.97 Å². The fourth-order valence-electron chi connectivity index (χ4n) is 2.61. The molecule has 94 valence electrons. The molecule has 1 saturated carbocycles. The van der Waals surface area contributed by atoms with Crippen LogP contribution in [0.15, 0.2) is 12.3 Å². The molecule has 0 saturated heterocycles. The van der Waals surface area contributed by atoms with Crippen LogP contribution in [-0.2, 0) is 0 Å². The van der Waals surface area contributed by atoms with Crippen LogP contribution in [0.5, 0.6) is 0 Å². The third-order valence-corrected chi connectivity index (χ3v) is 3.48. The van der Waals surface area contributed by atoms with E-state index in [1.54, 1.807) is 10.7 Å². The molecule has 6 heteroatoms. The Balaban J connectivity index is 2.07. The number of fused-ring (bicyclic) bond motifs is 1. The van der Waals surface area contributed by atoms with E-state index in [-0.39, 0.29) is 5.82 Å². The molecule has 1 N–H and O–H groups in total. The molecule has 6 nitrogen and oxygen atoms in total. The molecule has 0 atom stereocenters. The third-order valence-electron chi connectivity index (χ3n) is 3.48. The Hall–Kier alpha value is -1.98. The predicted octanol–water partition coefficient (Wildman–Crippen LogP) is 1.87. The van der Waals surface area contributed by atoms with E-state index in [1.807, 2.05) is 6.07 Å². The zero-order chi connectivity index (χ0) is 12.5. The topological polar surface area (TPSA) is 80.4 Å². The van der Waals surface area contributed by atoms with Gasteiger partial charge in [-0.05, 0) is 18.9 Å². The monoisotopic (exact) mass is 246 g/mol. The van der Waals surface area contributed by atoms with E-state index in [0.29, 0.717) is 11.7 Å². The van der Waals surface area contributed by atoms with Gasteiger partial charge in [0.2, 0.25) is 0 Å². The molecular weight excluding hydrogens is 232 g/mol. The smallest absolute Gasteiger partial charge is 0.375 e. The molecule has 0 aliphatic heterocycles. The molecule has 0 bridgehead atoms. The van der Waals surface area contributed by atoms with E-state index in [1.165, 1.54) is 19.3 Å². The minimum atomic E-state index is -1.12. The van der Waals surface area contributed by atoms with Crippen molar-refractivity contribution in [2.75, 3.05) is 0 Å². The van der Waals surface area contributed by atoms with Crippen molar-refractivity contribution in [1.82, 2.24) is 19.6 Å². The maximum Gasteiger partial charge on any atom is 0.375 e. The Labute approximate surface area is 104 Å². The third kappa shape index (κ3) is 1.83. The summed E-state index contributed by atoms with van der Waals surface area (Å²) in [5.74, 6) is -0.496. The average Bonchev–Trinajstić information content (AvgIpc) is 2.83. The van der Waals surface area contributed by atoms with Crippen molar-refractivity contribution in [3.8, 4) is 0 Å². The van der Waals surface area contributed by atoms with Crippen LogP contribution in [0.1, 0.15) is 54.3 Å². The second-order valence-corrected chi connectivity index (χ2v) is 4.66. The Morgan fingerprint density at radius 1 is 1.33 bits per heavy atom. The van der Waals surface area contributed by atoms with Crippen LogP contribution in [0.3, 0.4) is 0 Å². The van der Waals surface area contributed by atoms with Crippen molar-refractivity contribution in [3.05, 3.63) is 23.8 Å².